The first-order chi connectivity index (χ1) is 20.4. The lowest BCUT2D eigenvalue weighted by Crippen LogP contribution is -2.28. The van der Waals surface area contributed by atoms with Gasteiger partial charge in [-0.05, 0) is 68.2 Å². The minimum absolute atomic E-state index is 0.131. The van der Waals surface area contributed by atoms with Gasteiger partial charge in [0.05, 0.1) is 31.1 Å². The molecule has 0 saturated carbocycles. The maximum absolute atomic E-state index is 13.4. The van der Waals surface area contributed by atoms with Crippen molar-refractivity contribution < 1.29 is 9.13 Å². The van der Waals surface area contributed by atoms with Gasteiger partial charge in [0.15, 0.2) is 5.16 Å². The zero-order chi connectivity index (χ0) is 29.5. The first-order valence-corrected chi connectivity index (χ1v) is 15.9. The van der Waals surface area contributed by atoms with Crippen molar-refractivity contribution in [3.05, 3.63) is 98.3 Å². The summed E-state index contributed by atoms with van der Waals surface area (Å²) in [5.74, 6) is 0.342. The number of hydrogen-bond donors (Lipinski definition) is 0. The van der Waals surface area contributed by atoms with Gasteiger partial charge in [0.25, 0.3) is 5.56 Å². The second kappa shape index (κ2) is 14.5. The maximum atomic E-state index is 13.4. The van der Waals surface area contributed by atoms with E-state index in [1.54, 1.807) is 12.1 Å². The average Bonchev–Trinajstić information content (AvgIpc) is 3.65. The fourth-order valence-electron chi connectivity index (χ4n) is 5.29. The van der Waals surface area contributed by atoms with Gasteiger partial charge in [-0.3, -0.25) is 9.48 Å². The van der Waals surface area contributed by atoms with Gasteiger partial charge in [-0.15, -0.1) is 0 Å². The Morgan fingerprint density at radius 3 is 2.55 bits per heavy atom. The summed E-state index contributed by atoms with van der Waals surface area (Å²) in [4.78, 5) is 19.6. The molecule has 2 heterocycles. The Morgan fingerprint density at radius 2 is 1.81 bits per heavy atom. The summed E-state index contributed by atoms with van der Waals surface area (Å²) in [7, 11) is 0. The fourth-order valence-corrected chi connectivity index (χ4v) is 6.41. The molecular formula is C32H37ClFN5O2S. The first-order valence-electron chi connectivity index (χ1n) is 14.6. The number of aromatic nitrogens is 4. The van der Waals surface area contributed by atoms with Crippen molar-refractivity contribution in [3.8, 4) is 11.3 Å². The molecule has 7 nitrogen and oxygen atoms in total. The van der Waals surface area contributed by atoms with Crippen LogP contribution in [0.25, 0.3) is 11.3 Å². The van der Waals surface area contributed by atoms with Crippen molar-refractivity contribution in [2.45, 2.75) is 63.7 Å². The number of rotatable bonds is 14. The Bertz CT molecular complexity index is 1530. The predicted octanol–water partition coefficient (Wildman–Crippen LogP) is 6.24. The van der Waals surface area contributed by atoms with Crippen LogP contribution in [0.3, 0.4) is 0 Å². The average molecular weight is 610 g/mol. The second-order valence-corrected chi connectivity index (χ2v) is 11.8. The van der Waals surface area contributed by atoms with Gasteiger partial charge in [0, 0.05) is 40.7 Å². The summed E-state index contributed by atoms with van der Waals surface area (Å²) in [5, 5.41) is 6.29. The molecule has 10 heteroatoms. The van der Waals surface area contributed by atoms with Crippen molar-refractivity contribution in [1.29, 1.82) is 0 Å². The molecule has 5 rings (SSSR count). The van der Waals surface area contributed by atoms with Crippen molar-refractivity contribution >= 4 is 23.4 Å². The number of nitrogens with zero attached hydrogens (tertiary/aromatic N) is 5. The molecule has 4 aromatic rings. The van der Waals surface area contributed by atoms with Gasteiger partial charge < -0.3 is 14.2 Å². The highest BCUT2D eigenvalue weighted by Crippen LogP contribution is 2.27. The van der Waals surface area contributed by atoms with Crippen LogP contribution < -0.4 is 5.56 Å². The van der Waals surface area contributed by atoms with Gasteiger partial charge >= 0.3 is 0 Å². The lowest BCUT2D eigenvalue weighted by molar-refractivity contribution is 0.104. The van der Waals surface area contributed by atoms with Crippen LogP contribution in [0.2, 0.25) is 5.02 Å². The molecule has 0 spiro atoms. The van der Waals surface area contributed by atoms with Gasteiger partial charge in [-0.1, -0.05) is 61.5 Å². The third-order valence-corrected chi connectivity index (χ3v) is 9.02. The molecule has 1 aliphatic rings. The van der Waals surface area contributed by atoms with E-state index in [-0.39, 0.29) is 11.4 Å². The fraction of sp³-hybridized carbons (Fsp3) is 0.406. The minimum Gasteiger partial charge on any atom is -0.373 e. The van der Waals surface area contributed by atoms with Gasteiger partial charge in [0.1, 0.15) is 5.82 Å². The smallest absolute Gasteiger partial charge is 0.277 e. The van der Waals surface area contributed by atoms with Gasteiger partial charge in [-0.25, -0.2) is 4.39 Å². The Labute approximate surface area is 255 Å². The van der Waals surface area contributed by atoms with Crippen molar-refractivity contribution in [1.82, 2.24) is 24.2 Å². The van der Waals surface area contributed by atoms with Crippen LogP contribution in [-0.2, 0) is 43.0 Å². The number of halogens is 2. The molecule has 0 amide bonds. The van der Waals surface area contributed by atoms with E-state index in [0.29, 0.717) is 35.7 Å². The quantitative estimate of drug-likeness (QED) is 0.0958. The van der Waals surface area contributed by atoms with E-state index in [0.717, 1.165) is 79.2 Å². The van der Waals surface area contributed by atoms with Crippen LogP contribution in [0.15, 0.2) is 64.5 Å². The van der Waals surface area contributed by atoms with E-state index in [9.17, 15) is 9.18 Å². The highest BCUT2D eigenvalue weighted by molar-refractivity contribution is 7.98. The maximum Gasteiger partial charge on any atom is 0.277 e. The SMILES string of the molecule is CCN(CC)CCn1nc(-c2ccc(Cl)cc2)cc1COCCn1c(SCc2ccc(F)cc2)nc(=O)c2c1CCC2. The summed E-state index contributed by atoms with van der Waals surface area (Å²) >= 11 is 7.61. The number of hydrogen-bond acceptors (Lipinski definition) is 6. The summed E-state index contributed by atoms with van der Waals surface area (Å²) in [6.45, 7) is 9.50. The summed E-state index contributed by atoms with van der Waals surface area (Å²) in [6.07, 6.45) is 2.59. The number of ether oxygens (including phenoxy) is 1. The molecule has 0 unspecified atom stereocenters. The Kier molecular flexibility index (Phi) is 10.5. The minimum atomic E-state index is -0.261. The lowest BCUT2D eigenvalue weighted by Gasteiger charge is -2.19. The third kappa shape index (κ3) is 7.50. The van der Waals surface area contributed by atoms with Crippen molar-refractivity contribution in [2.75, 3.05) is 26.2 Å². The number of benzene rings is 2. The Hall–Kier alpha value is -2.98. The molecule has 0 atom stereocenters. The van der Waals surface area contributed by atoms with Crippen molar-refractivity contribution in [2.24, 2.45) is 0 Å². The molecule has 42 heavy (non-hydrogen) atoms. The molecule has 2 aromatic heterocycles. The highest BCUT2D eigenvalue weighted by atomic mass is 35.5. The topological polar surface area (TPSA) is 65.2 Å². The zero-order valence-corrected chi connectivity index (χ0v) is 25.8. The monoisotopic (exact) mass is 609 g/mol. The molecule has 0 saturated heterocycles. The Morgan fingerprint density at radius 1 is 1.05 bits per heavy atom. The van der Waals surface area contributed by atoms with Crippen LogP contribution in [0.5, 0.6) is 0 Å². The number of fused-ring (bicyclic) bond motifs is 1. The first kappa shape index (κ1) is 30.5. The highest BCUT2D eigenvalue weighted by Gasteiger charge is 2.22. The van der Waals surface area contributed by atoms with Crippen LogP contribution in [0.1, 0.15) is 42.8 Å². The lowest BCUT2D eigenvalue weighted by atomic mass is 10.1. The van der Waals surface area contributed by atoms with Crippen LogP contribution >= 0.6 is 23.4 Å². The van der Waals surface area contributed by atoms with E-state index in [2.05, 4.69) is 34.4 Å². The number of likely N-dealkylation sites (N-methyl/N-ethyl adjacent to an activating group) is 1. The van der Waals surface area contributed by atoms with Crippen LogP contribution in [0.4, 0.5) is 4.39 Å². The molecular weight excluding hydrogens is 573 g/mol. The molecule has 0 radical (unpaired) electrons. The standard InChI is InChI=1S/C32H37ClFN5O2S/c1-3-37(4-2)16-17-39-27(20-29(36-39)24-10-12-25(33)13-11-24)21-41-19-18-38-30-7-5-6-28(30)31(40)35-32(38)42-22-23-8-14-26(34)15-9-23/h8-15,20H,3-7,16-19,21-22H2,1-2H3. The summed E-state index contributed by atoms with van der Waals surface area (Å²) < 4.78 is 23.8. The Balaban J connectivity index is 1.29. The molecule has 222 valence electrons. The molecule has 2 aromatic carbocycles. The molecule has 0 fully saturated rings. The normalized spacial score (nSPS) is 12.8. The van der Waals surface area contributed by atoms with Gasteiger partial charge in [-0.2, -0.15) is 10.1 Å². The summed E-state index contributed by atoms with van der Waals surface area (Å²) in [5.41, 5.74) is 5.66. The predicted molar refractivity (Wildman–Crippen MR) is 167 cm³/mol. The molecule has 0 aliphatic heterocycles. The number of thioether (sulfide) groups is 1. The largest absolute Gasteiger partial charge is 0.373 e. The van der Waals surface area contributed by atoms with Crippen molar-refractivity contribution in [3.63, 3.8) is 0 Å². The van der Waals surface area contributed by atoms with E-state index in [1.165, 1.54) is 23.9 Å². The third-order valence-electron chi connectivity index (χ3n) is 7.72. The van der Waals surface area contributed by atoms with E-state index < -0.39 is 0 Å². The molecule has 0 N–H and O–H groups in total. The van der Waals surface area contributed by atoms with Crippen LogP contribution in [0, 0.1) is 5.82 Å². The second-order valence-electron chi connectivity index (χ2n) is 10.4. The van der Waals surface area contributed by atoms with E-state index >= 15 is 0 Å². The molecule has 0 bridgehead atoms. The van der Waals surface area contributed by atoms with E-state index in [4.69, 9.17) is 21.4 Å². The van der Waals surface area contributed by atoms with Gasteiger partial charge in [0.2, 0.25) is 0 Å². The molecule has 1 aliphatic carbocycles. The van der Waals surface area contributed by atoms with Crippen LogP contribution in [-0.4, -0.2) is 50.5 Å². The van der Waals surface area contributed by atoms with E-state index in [1.807, 2.05) is 28.9 Å². The summed E-state index contributed by atoms with van der Waals surface area (Å²) in [6, 6.07) is 16.3. The zero-order valence-electron chi connectivity index (χ0n) is 24.2.